The minimum absolute atomic E-state index is 0.0335. The molecule has 0 saturated carbocycles. The van der Waals surface area contributed by atoms with E-state index in [1.54, 1.807) is 10.9 Å². The first-order chi connectivity index (χ1) is 20.0. The molecule has 1 fully saturated rings. The number of hydrogen-bond acceptors (Lipinski definition) is 6. The van der Waals surface area contributed by atoms with Crippen LogP contribution >= 0.6 is 0 Å². The van der Waals surface area contributed by atoms with Gasteiger partial charge in [0.15, 0.2) is 5.69 Å². The molecule has 0 unspecified atom stereocenters. The highest BCUT2D eigenvalue weighted by Crippen LogP contribution is 2.35. The van der Waals surface area contributed by atoms with Gasteiger partial charge in [-0.2, -0.15) is 5.10 Å². The summed E-state index contributed by atoms with van der Waals surface area (Å²) in [6.07, 6.45) is 8.41. The number of nitrogens with one attached hydrogen (secondary N) is 3. The molecule has 0 spiro atoms. The Morgan fingerprint density at radius 2 is 1.80 bits per heavy atom. The third-order valence-electron chi connectivity index (χ3n) is 8.27. The van der Waals surface area contributed by atoms with Gasteiger partial charge in [-0.25, -0.2) is 9.97 Å². The molecule has 3 N–H and O–H groups in total. The molecule has 1 aliphatic heterocycles. The maximum atomic E-state index is 13.6. The number of carbonyl (C=O) groups is 2. The molecular formula is C31H36N8O2. The fourth-order valence-corrected chi connectivity index (χ4v) is 6.03. The van der Waals surface area contributed by atoms with Crippen LogP contribution in [0.1, 0.15) is 69.9 Å². The van der Waals surface area contributed by atoms with E-state index in [9.17, 15) is 9.59 Å². The van der Waals surface area contributed by atoms with E-state index < -0.39 is 0 Å². The second-order valence-corrected chi connectivity index (χ2v) is 10.8. The molecule has 2 aliphatic rings. The van der Waals surface area contributed by atoms with Gasteiger partial charge in [-0.3, -0.25) is 14.3 Å². The van der Waals surface area contributed by atoms with Gasteiger partial charge in [0.05, 0.1) is 11.4 Å². The van der Waals surface area contributed by atoms with Crippen LogP contribution in [0, 0.1) is 0 Å². The second kappa shape index (κ2) is 11.2. The zero-order valence-corrected chi connectivity index (χ0v) is 23.8. The molecule has 4 heterocycles. The lowest BCUT2D eigenvalue weighted by molar-refractivity contribution is 0.0713. The predicted octanol–water partition coefficient (Wildman–Crippen LogP) is 4.40. The number of nitrogens with zero attached hydrogens (tertiary/aromatic N) is 5. The van der Waals surface area contributed by atoms with Crippen molar-refractivity contribution in [2.24, 2.45) is 7.05 Å². The number of amides is 2. The van der Waals surface area contributed by atoms with E-state index in [1.165, 1.54) is 0 Å². The molecule has 1 saturated heterocycles. The first-order valence-electron chi connectivity index (χ1n) is 14.5. The van der Waals surface area contributed by atoms with Crippen molar-refractivity contribution in [2.75, 3.05) is 23.7 Å². The number of fused-ring (bicyclic) bond motifs is 3. The summed E-state index contributed by atoms with van der Waals surface area (Å²) in [5, 5.41) is 11.3. The molecule has 10 nitrogen and oxygen atoms in total. The van der Waals surface area contributed by atoms with E-state index in [4.69, 9.17) is 4.98 Å². The normalized spacial score (nSPS) is 14.9. The van der Waals surface area contributed by atoms with Crippen molar-refractivity contribution in [3.05, 3.63) is 76.4 Å². The van der Waals surface area contributed by atoms with Gasteiger partial charge in [-0.05, 0) is 67.3 Å². The molecule has 10 heteroatoms. The largest absolute Gasteiger partial charge is 0.357 e. The zero-order chi connectivity index (χ0) is 28.5. The van der Waals surface area contributed by atoms with E-state index >= 15 is 0 Å². The first kappa shape index (κ1) is 26.7. The van der Waals surface area contributed by atoms with E-state index in [0.717, 1.165) is 71.4 Å². The summed E-state index contributed by atoms with van der Waals surface area (Å²) in [6, 6.07) is 9.99. The Balaban J connectivity index is 1.19. The molecule has 1 aromatic carbocycles. The minimum atomic E-state index is -0.186. The SMILES string of the molecule is CCc1cccc(CC)c1NC(=O)c1nn(C)c2c1CCc1cnc(NC3CCN(C(=O)c4ccc[nH]4)CC3)nc1-2. The third kappa shape index (κ3) is 5.10. The van der Waals surface area contributed by atoms with Gasteiger partial charge in [-0.15, -0.1) is 0 Å². The highest BCUT2D eigenvalue weighted by atomic mass is 16.2. The number of carbonyl (C=O) groups excluding carboxylic acids is 2. The molecule has 4 aromatic rings. The predicted molar refractivity (Wildman–Crippen MR) is 158 cm³/mol. The van der Waals surface area contributed by atoms with Gasteiger partial charge in [0.25, 0.3) is 11.8 Å². The Hall–Kier alpha value is -4.47. The van der Waals surface area contributed by atoms with Crippen LogP contribution in [0.5, 0.6) is 0 Å². The fraction of sp³-hybridized carbons (Fsp3) is 0.387. The van der Waals surface area contributed by atoms with Gasteiger partial charge in [0, 0.05) is 49.8 Å². The van der Waals surface area contributed by atoms with Crippen LogP contribution in [0.2, 0.25) is 0 Å². The number of anilines is 2. The summed E-state index contributed by atoms with van der Waals surface area (Å²) >= 11 is 0. The Morgan fingerprint density at radius 1 is 1.05 bits per heavy atom. The number of likely N-dealkylation sites (tertiary alicyclic amines) is 1. The number of H-pyrrole nitrogens is 1. The summed E-state index contributed by atoms with van der Waals surface area (Å²) in [6.45, 7) is 5.54. The fourth-order valence-electron chi connectivity index (χ4n) is 6.03. The van der Waals surface area contributed by atoms with Crippen LogP contribution in [0.4, 0.5) is 11.6 Å². The highest BCUT2D eigenvalue weighted by molar-refractivity contribution is 6.06. The topological polar surface area (TPSA) is 121 Å². The average molecular weight is 553 g/mol. The Bertz CT molecular complexity index is 1560. The van der Waals surface area contributed by atoms with E-state index in [0.29, 0.717) is 36.8 Å². The number of benzene rings is 1. The van der Waals surface area contributed by atoms with E-state index in [2.05, 4.69) is 51.7 Å². The molecule has 1 aliphatic carbocycles. The molecule has 2 amide bonds. The smallest absolute Gasteiger partial charge is 0.276 e. The van der Waals surface area contributed by atoms with Crippen LogP contribution in [0.25, 0.3) is 11.4 Å². The maximum Gasteiger partial charge on any atom is 0.276 e. The van der Waals surface area contributed by atoms with E-state index in [1.807, 2.05) is 36.3 Å². The van der Waals surface area contributed by atoms with Crippen molar-refractivity contribution in [1.29, 1.82) is 0 Å². The summed E-state index contributed by atoms with van der Waals surface area (Å²) in [5.74, 6) is 0.405. The van der Waals surface area contributed by atoms with Crippen molar-refractivity contribution >= 4 is 23.5 Å². The second-order valence-electron chi connectivity index (χ2n) is 10.8. The van der Waals surface area contributed by atoms with Gasteiger partial charge in [0.2, 0.25) is 5.95 Å². The Labute approximate surface area is 239 Å². The number of aryl methyl sites for hydroxylation is 4. The van der Waals surface area contributed by atoms with Crippen LogP contribution in [0.15, 0.2) is 42.7 Å². The van der Waals surface area contributed by atoms with Gasteiger partial charge in [0.1, 0.15) is 5.69 Å². The van der Waals surface area contributed by atoms with Crippen LogP contribution < -0.4 is 10.6 Å². The lowest BCUT2D eigenvalue weighted by atomic mass is 9.93. The molecule has 6 rings (SSSR count). The third-order valence-corrected chi connectivity index (χ3v) is 8.27. The summed E-state index contributed by atoms with van der Waals surface area (Å²) in [5.41, 5.74) is 7.87. The number of piperidine rings is 1. The van der Waals surface area contributed by atoms with Gasteiger partial charge < -0.3 is 20.5 Å². The highest BCUT2D eigenvalue weighted by Gasteiger charge is 2.30. The quantitative estimate of drug-likeness (QED) is 0.313. The lowest BCUT2D eigenvalue weighted by Crippen LogP contribution is -2.42. The van der Waals surface area contributed by atoms with Crippen LogP contribution in [0.3, 0.4) is 0 Å². The number of aromatic amines is 1. The maximum absolute atomic E-state index is 13.6. The van der Waals surface area contributed by atoms with Crippen molar-refractivity contribution in [3.63, 3.8) is 0 Å². The molecule has 0 bridgehead atoms. The minimum Gasteiger partial charge on any atom is -0.357 e. The number of rotatable bonds is 7. The monoisotopic (exact) mass is 552 g/mol. The Morgan fingerprint density at radius 3 is 2.49 bits per heavy atom. The van der Waals surface area contributed by atoms with Crippen molar-refractivity contribution in [2.45, 2.75) is 58.4 Å². The standard InChI is InChI=1S/C31H36N8O2/c1-4-19-8-6-9-20(5-2)25(19)35-29(40)27-23-12-11-21-18-33-31(36-26(21)28(23)38(3)37-27)34-22-13-16-39(17-14-22)30(41)24-10-7-15-32-24/h6-10,15,18,22,32H,4-5,11-14,16-17H2,1-3H3,(H,35,40)(H,33,34,36). The lowest BCUT2D eigenvalue weighted by Gasteiger charge is -2.32. The number of para-hydroxylation sites is 1. The molecule has 41 heavy (non-hydrogen) atoms. The van der Waals surface area contributed by atoms with Gasteiger partial charge in [-0.1, -0.05) is 32.0 Å². The van der Waals surface area contributed by atoms with Gasteiger partial charge >= 0.3 is 0 Å². The molecule has 212 valence electrons. The molecular weight excluding hydrogens is 516 g/mol. The van der Waals surface area contributed by atoms with Crippen molar-refractivity contribution in [1.82, 2.24) is 29.6 Å². The summed E-state index contributed by atoms with van der Waals surface area (Å²) in [7, 11) is 1.87. The van der Waals surface area contributed by atoms with E-state index in [-0.39, 0.29) is 17.9 Å². The van der Waals surface area contributed by atoms with Crippen LogP contribution in [-0.2, 0) is 32.7 Å². The van der Waals surface area contributed by atoms with Crippen molar-refractivity contribution in [3.8, 4) is 11.4 Å². The number of aromatic nitrogens is 5. The van der Waals surface area contributed by atoms with Crippen molar-refractivity contribution < 1.29 is 9.59 Å². The summed E-state index contributed by atoms with van der Waals surface area (Å²) in [4.78, 5) is 40.6. The molecule has 3 aromatic heterocycles. The number of hydrogen-bond donors (Lipinski definition) is 3. The first-order valence-corrected chi connectivity index (χ1v) is 14.5. The van der Waals surface area contributed by atoms with Crippen LogP contribution in [-0.4, -0.2) is 60.6 Å². The molecule has 0 atom stereocenters. The Kier molecular flexibility index (Phi) is 7.30. The molecule has 0 radical (unpaired) electrons. The average Bonchev–Trinajstić information content (AvgIpc) is 3.66. The summed E-state index contributed by atoms with van der Waals surface area (Å²) < 4.78 is 1.77. The zero-order valence-electron chi connectivity index (χ0n) is 23.8.